The number of aromatic nitrogens is 4. The van der Waals surface area contributed by atoms with Crippen molar-refractivity contribution in [2.24, 2.45) is 0 Å². The van der Waals surface area contributed by atoms with E-state index in [0.717, 1.165) is 30.2 Å². The monoisotopic (exact) mass is 339 g/mol. The molecular weight excluding hydrogens is 326 g/mol. The van der Waals surface area contributed by atoms with Crippen LogP contribution in [0.3, 0.4) is 0 Å². The van der Waals surface area contributed by atoms with Crippen molar-refractivity contribution < 1.29 is 9.90 Å². The zero-order valence-corrected chi connectivity index (χ0v) is 12.2. The molecule has 0 spiro atoms. The number of hydrogen-bond acceptors (Lipinski definition) is 5. The molecule has 1 saturated carbocycles. The standard InChI is InChI=1S/C12H14BrN5O2/c13-7-5-14-12-16-10(17-18(12)6-7)11(20)15-8-1-3-9(19)4-2-8/h5-6,8-9,19H,1-4H2,(H,15,20). The summed E-state index contributed by atoms with van der Waals surface area (Å²) in [6.07, 6.45) is 6.07. The minimum Gasteiger partial charge on any atom is -0.393 e. The minimum absolute atomic E-state index is 0.0807. The maximum Gasteiger partial charge on any atom is 0.291 e. The first-order chi connectivity index (χ1) is 9.61. The van der Waals surface area contributed by atoms with Crippen molar-refractivity contribution >= 4 is 27.6 Å². The summed E-state index contributed by atoms with van der Waals surface area (Å²) in [6, 6.07) is 0.0807. The average molecular weight is 340 g/mol. The summed E-state index contributed by atoms with van der Waals surface area (Å²) in [7, 11) is 0. The quantitative estimate of drug-likeness (QED) is 0.848. The highest BCUT2D eigenvalue weighted by Crippen LogP contribution is 2.18. The number of fused-ring (bicyclic) bond motifs is 1. The molecular formula is C12H14BrN5O2. The Labute approximate surface area is 123 Å². The van der Waals surface area contributed by atoms with Gasteiger partial charge in [-0.15, -0.1) is 5.10 Å². The Bertz CT molecular complexity index is 636. The van der Waals surface area contributed by atoms with E-state index in [9.17, 15) is 9.90 Å². The van der Waals surface area contributed by atoms with E-state index in [2.05, 4.69) is 36.3 Å². The van der Waals surface area contributed by atoms with Gasteiger partial charge in [0.1, 0.15) is 0 Å². The first-order valence-corrected chi connectivity index (χ1v) is 7.28. The molecule has 1 aliphatic carbocycles. The molecule has 2 aromatic rings. The molecule has 0 radical (unpaired) electrons. The number of amides is 1. The van der Waals surface area contributed by atoms with Crippen LogP contribution < -0.4 is 5.32 Å². The number of nitrogens with zero attached hydrogens (tertiary/aromatic N) is 4. The molecule has 0 unspecified atom stereocenters. The molecule has 2 aromatic heterocycles. The van der Waals surface area contributed by atoms with Gasteiger partial charge in [-0.1, -0.05) is 0 Å². The van der Waals surface area contributed by atoms with Crippen LogP contribution in [0.1, 0.15) is 36.3 Å². The van der Waals surface area contributed by atoms with Crippen molar-refractivity contribution in [2.45, 2.75) is 37.8 Å². The molecule has 0 bridgehead atoms. The largest absolute Gasteiger partial charge is 0.393 e. The first kappa shape index (κ1) is 13.4. The maximum absolute atomic E-state index is 12.1. The van der Waals surface area contributed by atoms with Gasteiger partial charge in [0.15, 0.2) is 0 Å². The summed E-state index contributed by atoms with van der Waals surface area (Å²) in [5, 5.41) is 16.5. The van der Waals surface area contributed by atoms with Crippen LogP contribution >= 0.6 is 15.9 Å². The Hall–Kier alpha value is -1.54. The molecule has 0 atom stereocenters. The molecule has 106 valence electrons. The topological polar surface area (TPSA) is 92.4 Å². The van der Waals surface area contributed by atoms with E-state index in [-0.39, 0.29) is 23.9 Å². The number of hydrogen-bond donors (Lipinski definition) is 2. The fourth-order valence-electron chi connectivity index (χ4n) is 2.33. The average Bonchev–Trinajstić information content (AvgIpc) is 2.84. The van der Waals surface area contributed by atoms with Gasteiger partial charge in [0.2, 0.25) is 5.82 Å². The summed E-state index contributed by atoms with van der Waals surface area (Å²) < 4.78 is 2.23. The summed E-state index contributed by atoms with van der Waals surface area (Å²) in [4.78, 5) is 20.3. The molecule has 2 N–H and O–H groups in total. The molecule has 3 rings (SSSR count). The lowest BCUT2D eigenvalue weighted by Crippen LogP contribution is -2.39. The molecule has 20 heavy (non-hydrogen) atoms. The Balaban J connectivity index is 1.72. The first-order valence-electron chi connectivity index (χ1n) is 6.48. The van der Waals surface area contributed by atoms with E-state index in [1.807, 2.05) is 0 Å². The van der Waals surface area contributed by atoms with E-state index < -0.39 is 0 Å². The SMILES string of the molecule is O=C(NC1CCC(O)CC1)c1nc2ncc(Br)cn2n1. The fourth-order valence-corrected chi connectivity index (χ4v) is 2.62. The van der Waals surface area contributed by atoms with E-state index in [0.29, 0.717) is 5.78 Å². The highest BCUT2D eigenvalue weighted by molar-refractivity contribution is 9.10. The van der Waals surface area contributed by atoms with E-state index >= 15 is 0 Å². The smallest absolute Gasteiger partial charge is 0.291 e. The third-order valence-corrected chi connectivity index (χ3v) is 3.81. The number of nitrogens with one attached hydrogen (secondary N) is 1. The fraction of sp³-hybridized carbons (Fsp3) is 0.500. The molecule has 1 amide bonds. The van der Waals surface area contributed by atoms with Crippen LogP contribution in [0.5, 0.6) is 0 Å². The van der Waals surface area contributed by atoms with Gasteiger partial charge < -0.3 is 10.4 Å². The normalized spacial score (nSPS) is 22.9. The molecule has 1 aliphatic rings. The lowest BCUT2D eigenvalue weighted by atomic mass is 9.93. The van der Waals surface area contributed by atoms with Gasteiger partial charge >= 0.3 is 0 Å². The Kier molecular flexibility index (Phi) is 3.66. The molecule has 0 aromatic carbocycles. The van der Waals surface area contributed by atoms with Crippen LogP contribution in [0, 0.1) is 0 Å². The Morgan fingerprint density at radius 2 is 2.15 bits per heavy atom. The van der Waals surface area contributed by atoms with Crippen LogP contribution in [-0.2, 0) is 0 Å². The van der Waals surface area contributed by atoms with Crippen LogP contribution in [0.25, 0.3) is 5.78 Å². The van der Waals surface area contributed by atoms with Crippen molar-refractivity contribution in [3.8, 4) is 0 Å². The second-order valence-corrected chi connectivity index (χ2v) is 5.85. The van der Waals surface area contributed by atoms with Crippen LogP contribution in [-0.4, -0.2) is 42.7 Å². The number of carbonyl (C=O) groups excluding carboxylic acids is 1. The van der Waals surface area contributed by atoms with Crippen LogP contribution in [0.15, 0.2) is 16.9 Å². The van der Waals surface area contributed by atoms with Crippen molar-refractivity contribution in [1.29, 1.82) is 0 Å². The lowest BCUT2D eigenvalue weighted by Gasteiger charge is -2.25. The summed E-state index contributed by atoms with van der Waals surface area (Å²) in [5.41, 5.74) is 0. The highest BCUT2D eigenvalue weighted by atomic mass is 79.9. The number of aliphatic hydroxyl groups excluding tert-OH is 1. The van der Waals surface area contributed by atoms with E-state index in [1.54, 1.807) is 12.4 Å². The molecule has 1 fully saturated rings. The lowest BCUT2D eigenvalue weighted by molar-refractivity contribution is 0.0858. The van der Waals surface area contributed by atoms with Gasteiger partial charge in [-0.3, -0.25) is 4.79 Å². The summed E-state index contributed by atoms with van der Waals surface area (Å²) in [5.74, 6) is 0.201. The second kappa shape index (κ2) is 5.45. The van der Waals surface area contributed by atoms with Crippen molar-refractivity contribution in [3.63, 3.8) is 0 Å². The predicted molar refractivity (Wildman–Crippen MR) is 74.2 cm³/mol. The van der Waals surface area contributed by atoms with Crippen LogP contribution in [0.4, 0.5) is 0 Å². The van der Waals surface area contributed by atoms with Gasteiger partial charge in [0, 0.05) is 18.4 Å². The third kappa shape index (κ3) is 2.80. The van der Waals surface area contributed by atoms with Crippen LogP contribution in [0.2, 0.25) is 0 Å². The highest BCUT2D eigenvalue weighted by Gasteiger charge is 2.23. The number of aliphatic hydroxyl groups is 1. The van der Waals surface area contributed by atoms with Gasteiger partial charge in [0.25, 0.3) is 11.7 Å². The number of rotatable bonds is 2. The van der Waals surface area contributed by atoms with Gasteiger partial charge in [0.05, 0.1) is 10.6 Å². The molecule has 0 saturated heterocycles. The minimum atomic E-state index is -0.298. The predicted octanol–water partition coefficient (Wildman–Crippen LogP) is 0.920. The summed E-state index contributed by atoms with van der Waals surface area (Å²) >= 11 is 3.29. The van der Waals surface area contributed by atoms with Crippen molar-refractivity contribution in [2.75, 3.05) is 0 Å². The Morgan fingerprint density at radius 1 is 1.40 bits per heavy atom. The van der Waals surface area contributed by atoms with Crippen molar-refractivity contribution in [3.05, 3.63) is 22.7 Å². The molecule has 7 nitrogen and oxygen atoms in total. The van der Waals surface area contributed by atoms with Gasteiger partial charge in [-0.05, 0) is 41.6 Å². The zero-order chi connectivity index (χ0) is 14.1. The Morgan fingerprint density at radius 3 is 2.90 bits per heavy atom. The molecule has 0 aliphatic heterocycles. The van der Waals surface area contributed by atoms with E-state index in [1.165, 1.54) is 4.52 Å². The van der Waals surface area contributed by atoms with Gasteiger partial charge in [-0.2, -0.15) is 4.98 Å². The zero-order valence-electron chi connectivity index (χ0n) is 10.7. The molecule has 2 heterocycles. The summed E-state index contributed by atoms with van der Waals surface area (Å²) in [6.45, 7) is 0. The third-order valence-electron chi connectivity index (χ3n) is 3.40. The number of halogens is 1. The molecule has 8 heteroatoms. The van der Waals surface area contributed by atoms with Gasteiger partial charge in [-0.25, -0.2) is 9.50 Å². The van der Waals surface area contributed by atoms with Crippen molar-refractivity contribution in [1.82, 2.24) is 24.9 Å². The number of carbonyl (C=O) groups is 1. The maximum atomic E-state index is 12.1. The second-order valence-electron chi connectivity index (χ2n) is 4.93. The van der Waals surface area contributed by atoms with E-state index in [4.69, 9.17) is 0 Å².